The van der Waals surface area contributed by atoms with Gasteiger partial charge in [-0.25, -0.2) is 0 Å². The molecule has 0 saturated heterocycles. The summed E-state index contributed by atoms with van der Waals surface area (Å²) in [7, 11) is 0. The average Bonchev–Trinajstić information content (AvgIpc) is 2.62. The van der Waals surface area contributed by atoms with Crippen molar-refractivity contribution >= 4 is 59.9 Å². The quantitative estimate of drug-likeness (QED) is 0.510. The fourth-order valence-electron chi connectivity index (χ4n) is 1.44. The molecule has 2 aromatic rings. The number of rotatable bonds is 2. The third-order valence-electron chi connectivity index (χ3n) is 2.25. The summed E-state index contributed by atoms with van der Waals surface area (Å²) < 4.78 is 2.85. The Kier molecular flexibility index (Phi) is 3.50. The number of thiophene rings is 1. The van der Waals surface area contributed by atoms with Crippen molar-refractivity contribution in [2.24, 2.45) is 0 Å². The lowest BCUT2D eigenvalue weighted by atomic mass is 10.2. The smallest absolute Gasteiger partial charge is 0.0482 e. The van der Waals surface area contributed by atoms with E-state index >= 15 is 0 Å². The molecule has 74 valence electrons. The molecule has 0 fully saturated rings. The van der Waals surface area contributed by atoms with Gasteiger partial charge in [0.1, 0.15) is 0 Å². The van der Waals surface area contributed by atoms with Crippen LogP contribution in [0.5, 0.6) is 0 Å². The van der Waals surface area contributed by atoms with Crippen LogP contribution >= 0.6 is 49.9 Å². The van der Waals surface area contributed by atoms with Crippen molar-refractivity contribution in [3.05, 3.63) is 32.2 Å². The fourth-order valence-corrected chi connectivity index (χ4v) is 4.50. The van der Waals surface area contributed by atoms with Crippen LogP contribution in [0, 0.1) is 3.57 Å². The van der Waals surface area contributed by atoms with Gasteiger partial charge in [-0.2, -0.15) is 0 Å². The zero-order valence-electron chi connectivity index (χ0n) is 7.81. The molecule has 0 saturated carbocycles. The molecule has 1 aromatic carbocycles. The van der Waals surface area contributed by atoms with Gasteiger partial charge in [-0.3, -0.25) is 0 Å². The Bertz CT molecular complexity index is 462. The molecular weight excluding hydrogens is 371 g/mol. The molecule has 0 aliphatic rings. The first kappa shape index (κ1) is 10.9. The summed E-state index contributed by atoms with van der Waals surface area (Å²) in [4.78, 5) is 1.48. The van der Waals surface area contributed by atoms with Crippen molar-refractivity contribution in [3.8, 4) is 0 Å². The fraction of sp³-hybridized carbons (Fsp3) is 0.273. The van der Waals surface area contributed by atoms with E-state index in [1.165, 1.54) is 24.1 Å². The second-order valence-corrected chi connectivity index (χ2v) is 5.93. The van der Waals surface area contributed by atoms with Crippen LogP contribution in [0.25, 0.3) is 10.1 Å². The number of alkyl halides is 1. The summed E-state index contributed by atoms with van der Waals surface area (Å²) in [5, 5.41) is 2.33. The van der Waals surface area contributed by atoms with Crippen LogP contribution in [0.2, 0.25) is 0 Å². The van der Waals surface area contributed by atoms with Gasteiger partial charge in [0.2, 0.25) is 0 Å². The lowest BCUT2D eigenvalue weighted by Crippen LogP contribution is -1.82. The van der Waals surface area contributed by atoms with Crippen LogP contribution in [0.1, 0.15) is 17.4 Å². The molecule has 0 radical (unpaired) electrons. The standard InChI is InChI=1S/C11H10BrIS/c1-2-9-5-7-3-4-8(6-12)10(13)11(7)14-9/h3-5H,2,6H2,1H3. The van der Waals surface area contributed by atoms with E-state index in [-0.39, 0.29) is 0 Å². The van der Waals surface area contributed by atoms with Crippen LogP contribution in [0.4, 0.5) is 0 Å². The highest BCUT2D eigenvalue weighted by atomic mass is 127. The molecule has 1 aromatic heterocycles. The Morgan fingerprint density at radius 1 is 1.43 bits per heavy atom. The van der Waals surface area contributed by atoms with Crippen LogP contribution < -0.4 is 0 Å². The normalized spacial score (nSPS) is 11.1. The van der Waals surface area contributed by atoms with Crippen molar-refractivity contribution in [2.75, 3.05) is 0 Å². The van der Waals surface area contributed by atoms with Gasteiger partial charge < -0.3 is 0 Å². The molecule has 3 heteroatoms. The first-order valence-electron chi connectivity index (χ1n) is 4.52. The van der Waals surface area contributed by atoms with Gasteiger partial charge in [-0.1, -0.05) is 35.0 Å². The molecule has 0 bridgehead atoms. The van der Waals surface area contributed by atoms with E-state index in [4.69, 9.17) is 0 Å². The maximum absolute atomic E-state index is 3.52. The summed E-state index contributed by atoms with van der Waals surface area (Å²) in [6, 6.07) is 6.74. The highest BCUT2D eigenvalue weighted by Crippen LogP contribution is 2.32. The summed E-state index contributed by atoms with van der Waals surface area (Å²) in [6.45, 7) is 2.21. The van der Waals surface area contributed by atoms with Crippen molar-refractivity contribution in [1.82, 2.24) is 0 Å². The van der Waals surface area contributed by atoms with E-state index in [0.29, 0.717) is 0 Å². The molecular formula is C11H10BrIS. The van der Waals surface area contributed by atoms with Gasteiger partial charge in [0, 0.05) is 18.5 Å². The number of hydrogen-bond donors (Lipinski definition) is 0. The Morgan fingerprint density at radius 2 is 2.21 bits per heavy atom. The predicted molar refractivity (Wildman–Crippen MR) is 76.6 cm³/mol. The molecule has 0 amide bonds. The van der Waals surface area contributed by atoms with Crippen LogP contribution in [-0.4, -0.2) is 0 Å². The SMILES string of the molecule is CCc1cc2ccc(CBr)c(I)c2s1. The molecule has 0 aliphatic heterocycles. The lowest BCUT2D eigenvalue weighted by molar-refractivity contribution is 1.19. The van der Waals surface area contributed by atoms with E-state index in [1.807, 2.05) is 11.3 Å². The first-order valence-corrected chi connectivity index (χ1v) is 7.53. The maximum Gasteiger partial charge on any atom is 0.0482 e. The second-order valence-electron chi connectivity index (χ2n) is 3.16. The minimum atomic E-state index is 0.945. The maximum atomic E-state index is 3.52. The monoisotopic (exact) mass is 380 g/mol. The summed E-state index contributed by atoms with van der Waals surface area (Å²) in [6.07, 6.45) is 1.14. The topological polar surface area (TPSA) is 0 Å². The number of benzene rings is 1. The van der Waals surface area contributed by atoms with Crippen LogP contribution in [0.3, 0.4) is 0 Å². The Labute approximate surface area is 110 Å². The number of fused-ring (bicyclic) bond motifs is 1. The van der Waals surface area contributed by atoms with E-state index in [0.717, 1.165) is 11.8 Å². The number of aryl methyl sites for hydroxylation is 1. The largest absolute Gasteiger partial charge is 0.139 e. The van der Waals surface area contributed by atoms with Gasteiger partial charge in [-0.15, -0.1) is 11.3 Å². The highest BCUT2D eigenvalue weighted by molar-refractivity contribution is 14.1. The van der Waals surface area contributed by atoms with Gasteiger partial charge in [0.05, 0.1) is 0 Å². The van der Waals surface area contributed by atoms with Crippen molar-refractivity contribution < 1.29 is 0 Å². The van der Waals surface area contributed by atoms with Gasteiger partial charge >= 0.3 is 0 Å². The van der Waals surface area contributed by atoms with E-state index < -0.39 is 0 Å². The van der Waals surface area contributed by atoms with Gasteiger partial charge in [-0.05, 0) is 46.0 Å². The van der Waals surface area contributed by atoms with Crippen molar-refractivity contribution in [1.29, 1.82) is 0 Å². The van der Waals surface area contributed by atoms with E-state index in [1.54, 1.807) is 0 Å². The Balaban J connectivity index is 2.68. The third-order valence-corrected chi connectivity index (χ3v) is 5.76. The molecule has 0 aliphatic carbocycles. The Morgan fingerprint density at radius 3 is 2.86 bits per heavy atom. The second kappa shape index (κ2) is 4.49. The van der Waals surface area contributed by atoms with Crippen molar-refractivity contribution in [2.45, 2.75) is 18.7 Å². The summed E-state index contributed by atoms with van der Waals surface area (Å²) in [5.74, 6) is 0. The molecule has 2 rings (SSSR count). The molecule has 1 heterocycles. The van der Waals surface area contributed by atoms with E-state index in [9.17, 15) is 0 Å². The highest BCUT2D eigenvalue weighted by Gasteiger charge is 2.07. The molecule has 0 nitrogen and oxygen atoms in total. The zero-order valence-corrected chi connectivity index (χ0v) is 12.4. The van der Waals surface area contributed by atoms with Crippen LogP contribution in [-0.2, 0) is 11.8 Å². The third kappa shape index (κ3) is 1.86. The molecule has 14 heavy (non-hydrogen) atoms. The minimum Gasteiger partial charge on any atom is -0.139 e. The lowest BCUT2D eigenvalue weighted by Gasteiger charge is -2.00. The number of hydrogen-bond acceptors (Lipinski definition) is 1. The first-order chi connectivity index (χ1) is 6.76. The predicted octanol–water partition coefficient (Wildman–Crippen LogP) is 4.96. The molecule has 0 unspecified atom stereocenters. The number of halogens is 2. The molecule has 0 spiro atoms. The molecule has 0 atom stereocenters. The zero-order chi connectivity index (χ0) is 10.1. The average molecular weight is 381 g/mol. The van der Waals surface area contributed by atoms with Gasteiger partial charge in [0.25, 0.3) is 0 Å². The Hall–Kier alpha value is 0.390. The minimum absolute atomic E-state index is 0.945. The summed E-state index contributed by atoms with van der Waals surface area (Å²) in [5.41, 5.74) is 1.39. The van der Waals surface area contributed by atoms with Crippen LogP contribution in [0.15, 0.2) is 18.2 Å². The van der Waals surface area contributed by atoms with E-state index in [2.05, 4.69) is 63.6 Å². The van der Waals surface area contributed by atoms with Gasteiger partial charge in [0.15, 0.2) is 0 Å². The van der Waals surface area contributed by atoms with Crippen molar-refractivity contribution in [3.63, 3.8) is 0 Å². The molecule has 0 N–H and O–H groups in total. The summed E-state index contributed by atoms with van der Waals surface area (Å²) >= 11 is 7.89.